The molecule has 1 saturated heterocycles. The van der Waals surface area contributed by atoms with Gasteiger partial charge in [-0.15, -0.1) is 0 Å². The zero-order chi connectivity index (χ0) is 22.3. The van der Waals surface area contributed by atoms with Crippen molar-refractivity contribution in [3.63, 3.8) is 0 Å². The fourth-order valence-corrected chi connectivity index (χ4v) is 4.56. The largest absolute Gasteiger partial charge is 0.493 e. The summed E-state index contributed by atoms with van der Waals surface area (Å²) in [6, 6.07) is 20.1. The summed E-state index contributed by atoms with van der Waals surface area (Å²) < 4.78 is 5.63. The Balaban J connectivity index is 1.36. The summed E-state index contributed by atoms with van der Waals surface area (Å²) in [6.07, 6.45) is 0.622. The van der Waals surface area contributed by atoms with Gasteiger partial charge in [-0.3, -0.25) is 14.5 Å². The number of nitrogens with zero attached hydrogens (tertiary/aromatic N) is 1. The number of carbonyl (C=O) groups excluding carboxylic acids is 3. The second kappa shape index (κ2) is 7.67. The number of hydrogen-bond acceptors (Lipinski definition) is 4. The predicted molar refractivity (Wildman–Crippen MR) is 119 cm³/mol. The van der Waals surface area contributed by atoms with E-state index in [4.69, 9.17) is 4.74 Å². The SMILES string of the molecule is CC1(c2cccc3ccccc23)NC(=O)N(CC(=O)NC2CCOc3ccccc32)C1=O. The Morgan fingerprint density at radius 2 is 1.84 bits per heavy atom. The van der Waals surface area contributed by atoms with Crippen LogP contribution in [0.1, 0.15) is 30.5 Å². The van der Waals surface area contributed by atoms with Gasteiger partial charge in [0.2, 0.25) is 5.91 Å². The Bertz CT molecular complexity index is 1240. The second-order valence-electron chi connectivity index (χ2n) is 8.27. The molecule has 0 radical (unpaired) electrons. The number of fused-ring (bicyclic) bond motifs is 2. The van der Waals surface area contributed by atoms with E-state index in [1.807, 2.05) is 66.7 Å². The third-order valence-corrected chi connectivity index (χ3v) is 6.20. The Hall–Kier alpha value is -3.87. The third kappa shape index (κ3) is 3.26. The molecule has 7 nitrogen and oxygen atoms in total. The third-order valence-electron chi connectivity index (χ3n) is 6.20. The molecule has 4 amide bonds. The molecule has 0 aromatic heterocycles. The lowest BCUT2D eigenvalue weighted by Crippen LogP contribution is -2.44. The first kappa shape index (κ1) is 20.1. The van der Waals surface area contributed by atoms with E-state index in [1.54, 1.807) is 6.92 Å². The minimum Gasteiger partial charge on any atom is -0.493 e. The van der Waals surface area contributed by atoms with Crippen LogP contribution in [0.15, 0.2) is 66.7 Å². The molecule has 0 saturated carbocycles. The maximum Gasteiger partial charge on any atom is 0.325 e. The van der Waals surface area contributed by atoms with Gasteiger partial charge in [-0.1, -0.05) is 60.7 Å². The Morgan fingerprint density at radius 3 is 2.72 bits per heavy atom. The van der Waals surface area contributed by atoms with Gasteiger partial charge in [-0.25, -0.2) is 4.79 Å². The van der Waals surface area contributed by atoms with Crippen molar-refractivity contribution in [2.45, 2.75) is 24.9 Å². The van der Waals surface area contributed by atoms with Crippen molar-refractivity contribution in [3.05, 3.63) is 77.9 Å². The van der Waals surface area contributed by atoms with E-state index >= 15 is 0 Å². The standard InChI is InChI=1S/C25H23N3O4/c1-25(19-11-6-8-16-7-2-3-9-17(16)19)23(30)28(24(31)27-25)15-22(29)26-20-13-14-32-21-12-5-4-10-18(20)21/h2-12,20H,13-15H2,1H3,(H,26,29)(H,27,31). The number of para-hydroxylation sites is 1. The normalized spacial score (nSPS) is 22.3. The van der Waals surface area contributed by atoms with Gasteiger partial charge in [0, 0.05) is 12.0 Å². The fourth-order valence-electron chi connectivity index (χ4n) is 4.56. The van der Waals surface area contributed by atoms with Crippen LogP contribution in [0.25, 0.3) is 10.8 Å². The molecule has 5 rings (SSSR count). The highest BCUT2D eigenvalue weighted by Gasteiger charge is 2.50. The van der Waals surface area contributed by atoms with Crippen LogP contribution in [-0.4, -0.2) is 35.9 Å². The first-order chi connectivity index (χ1) is 15.5. The van der Waals surface area contributed by atoms with E-state index in [2.05, 4.69) is 10.6 Å². The number of amides is 4. The molecule has 3 aromatic carbocycles. The Labute approximate surface area is 185 Å². The minimum atomic E-state index is -1.25. The van der Waals surface area contributed by atoms with Crippen molar-refractivity contribution in [3.8, 4) is 5.75 Å². The van der Waals surface area contributed by atoms with Gasteiger partial charge >= 0.3 is 6.03 Å². The molecule has 2 aliphatic heterocycles. The fraction of sp³-hybridized carbons (Fsp3) is 0.240. The van der Waals surface area contributed by atoms with Gasteiger partial charge in [0.15, 0.2) is 0 Å². The zero-order valence-corrected chi connectivity index (χ0v) is 17.6. The average molecular weight is 429 g/mol. The highest BCUT2D eigenvalue weighted by atomic mass is 16.5. The van der Waals surface area contributed by atoms with Crippen LogP contribution in [-0.2, 0) is 15.1 Å². The van der Waals surface area contributed by atoms with Crippen molar-refractivity contribution in [2.75, 3.05) is 13.2 Å². The van der Waals surface area contributed by atoms with E-state index in [-0.39, 0.29) is 12.6 Å². The van der Waals surface area contributed by atoms with E-state index in [9.17, 15) is 14.4 Å². The van der Waals surface area contributed by atoms with Crippen LogP contribution < -0.4 is 15.4 Å². The van der Waals surface area contributed by atoms with Crippen LogP contribution in [0, 0.1) is 0 Å². The van der Waals surface area contributed by atoms with Gasteiger partial charge in [0.1, 0.15) is 17.8 Å². The van der Waals surface area contributed by atoms with Crippen molar-refractivity contribution in [2.24, 2.45) is 0 Å². The van der Waals surface area contributed by atoms with Gasteiger partial charge in [0.05, 0.1) is 12.6 Å². The van der Waals surface area contributed by atoms with E-state index in [0.29, 0.717) is 18.6 Å². The summed E-state index contributed by atoms with van der Waals surface area (Å²) in [7, 11) is 0. The monoisotopic (exact) mass is 429 g/mol. The number of rotatable bonds is 4. The molecule has 162 valence electrons. The number of hydrogen-bond donors (Lipinski definition) is 2. The smallest absolute Gasteiger partial charge is 0.325 e. The molecule has 0 aliphatic carbocycles. The van der Waals surface area contributed by atoms with Gasteiger partial charge < -0.3 is 15.4 Å². The number of ether oxygens (including phenoxy) is 1. The summed E-state index contributed by atoms with van der Waals surface area (Å²) in [5.74, 6) is -0.0960. The molecule has 3 aromatic rings. The summed E-state index contributed by atoms with van der Waals surface area (Å²) in [4.78, 5) is 39.9. The molecular weight excluding hydrogens is 406 g/mol. The number of imide groups is 1. The van der Waals surface area contributed by atoms with Crippen LogP contribution in [0.5, 0.6) is 5.75 Å². The molecule has 2 heterocycles. The Kier molecular flexibility index (Phi) is 4.81. The molecule has 32 heavy (non-hydrogen) atoms. The van der Waals surface area contributed by atoms with E-state index < -0.39 is 23.4 Å². The molecule has 2 unspecified atom stereocenters. The maximum atomic E-state index is 13.4. The molecular formula is C25H23N3O4. The van der Waals surface area contributed by atoms with E-state index in [0.717, 1.165) is 27.0 Å². The topological polar surface area (TPSA) is 87.7 Å². The summed E-state index contributed by atoms with van der Waals surface area (Å²) >= 11 is 0. The van der Waals surface area contributed by atoms with Crippen molar-refractivity contribution >= 4 is 28.6 Å². The average Bonchev–Trinajstić information content (AvgIpc) is 3.02. The zero-order valence-electron chi connectivity index (χ0n) is 17.6. The van der Waals surface area contributed by atoms with Gasteiger partial charge in [0.25, 0.3) is 5.91 Å². The van der Waals surface area contributed by atoms with E-state index in [1.165, 1.54) is 0 Å². The summed E-state index contributed by atoms with van der Waals surface area (Å²) in [5.41, 5.74) is 0.351. The number of nitrogens with one attached hydrogen (secondary N) is 2. The minimum absolute atomic E-state index is 0.224. The Morgan fingerprint density at radius 1 is 1.09 bits per heavy atom. The lowest BCUT2D eigenvalue weighted by molar-refractivity contribution is -0.135. The quantitative estimate of drug-likeness (QED) is 0.624. The summed E-state index contributed by atoms with van der Waals surface area (Å²) in [6.45, 7) is 1.83. The number of urea groups is 1. The first-order valence-corrected chi connectivity index (χ1v) is 10.6. The molecule has 2 N–H and O–H groups in total. The molecule has 0 bridgehead atoms. The summed E-state index contributed by atoms with van der Waals surface area (Å²) in [5, 5.41) is 7.61. The highest BCUT2D eigenvalue weighted by Crippen LogP contribution is 2.34. The predicted octanol–water partition coefficient (Wildman–Crippen LogP) is 3.25. The van der Waals surface area contributed by atoms with Gasteiger partial charge in [-0.05, 0) is 29.3 Å². The lowest BCUT2D eigenvalue weighted by Gasteiger charge is -2.27. The van der Waals surface area contributed by atoms with Crippen LogP contribution in [0.4, 0.5) is 4.79 Å². The molecule has 2 aliphatic rings. The van der Waals surface area contributed by atoms with Gasteiger partial charge in [-0.2, -0.15) is 0 Å². The number of carbonyl (C=O) groups is 3. The van der Waals surface area contributed by atoms with Crippen LogP contribution in [0.3, 0.4) is 0 Å². The molecule has 2 atom stereocenters. The van der Waals surface area contributed by atoms with Crippen LogP contribution >= 0.6 is 0 Å². The van der Waals surface area contributed by atoms with Crippen molar-refractivity contribution in [1.82, 2.24) is 15.5 Å². The van der Waals surface area contributed by atoms with Crippen LogP contribution in [0.2, 0.25) is 0 Å². The number of benzene rings is 3. The lowest BCUT2D eigenvalue weighted by atomic mass is 9.88. The molecule has 0 spiro atoms. The first-order valence-electron chi connectivity index (χ1n) is 10.6. The molecule has 7 heteroatoms. The second-order valence-corrected chi connectivity index (χ2v) is 8.27. The maximum absolute atomic E-state index is 13.4. The van der Waals surface area contributed by atoms with Crippen molar-refractivity contribution in [1.29, 1.82) is 0 Å². The highest BCUT2D eigenvalue weighted by molar-refractivity contribution is 6.10. The van der Waals surface area contributed by atoms with Crippen molar-refractivity contribution < 1.29 is 19.1 Å². The molecule has 1 fully saturated rings.